The van der Waals surface area contributed by atoms with Gasteiger partial charge in [0.15, 0.2) is 0 Å². The first-order chi connectivity index (χ1) is 20.1. The van der Waals surface area contributed by atoms with Gasteiger partial charge in [0.1, 0.15) is 11.6 Å². The van der Waals surface area contributed by atoms with Crippen LogP contribution in [0.25, 0.3) is 11.1 Å². The summed E-state index contributed by atoms with van der Waals surface area (Å²) < 4.78 is 28.4. The van der Waals surface area contributed by atoms with Crippen LogP contribution in [0.15, 0.2) is 53.0 Å². The van der Waals surface area contributed by atoms with E-state index in [2.05, 4.69) is 31.9 Å². The summed E-state index contributed by atoms with van der Waals surface area (Å²) in [6.45, 7) is 4.09. The predicted molar refractivity (Wildman–Crippen MR) is 161 cm³/mol. The molecule has 220 valence electrons. The summed E-state index contributed by atoms with van der Waals surface area (Å²) in [7, 11) is 0. The Morgan fingerprint density at radius 3 is 1.74 bits per heavy atom. The molecule has 3 aromatic rings. The molecule has 0 atom stereocenters. The molecule has 0 radical (unpaired) electrons. The zero-order valence-corrected chi connectivity index (χ0v) is 25.2. The number of carbonyl (C=O) groups excluding carboxylic acids is 3. The Bertz CT molecular complexity index is 1490. The summed E-state index contributed by atoms with van der Waals surface area (Å²) in [6, 6.07) is 13.5. The molecule has 6 rings (SSSR count). The van der Waals surface area contributed by atoms with Gasteiger partial charge in [0, 0.05) is 39.8 Å². The van der Waals surface area contributed by atoms with Crippen molar-refractivity contribution in [2.75, 3.05) is 6.54 Å². The van der Waals surface area contributed by atoms with E-state index < -0.39 is 5.82 Å². The fraction of sp³-hybridized carbons (Fsp3) is 0.364. The fourth-order valence-electron chi connectivity index (χ4n) is 4.34. The first-order valence-electron chi connectivity index (χ1n) is 14.3. The highest BCUT2D eigenvalue weighted by molar-refractivity contribution is 9.10. The van der Waals surface area contributed by atoms with Crippen molar-refractivity contribution in [1.29, 1.82) is 0 Å². The molecule has 3 aliphatic rings. The maximum Gasteiger partial charge on any atom is 0.251 e. The van der Waals surface area contributed by atoms with Crippen LogP contribution in [0.2, 0.25) is 0 Å². The molecule has 3 N–H and O–H groups in total. The molecular weight excluding hydrogens is 604 g/mol. The summed E-state index contributed by atoms with van der Waals surface area (Å²) in [5, 5.41) is 8.64. The Morgan fingerprint density at radius 2 is 1.24 bits per heavy atom. The van der Waals surface area contributed by atoms with Crippen LogP contribution in [0.1, 0.15) is 80.7 Å². The van der Waals surface area contributed by atoms with E-state index in [1.807, 2.05) is 0 Å². The van der Waals surface area contributed by atoms with E-state index in [0.29, 0.717) is 49.8 Å². The van der Waals surface area contributed by atoms with E-state index in [-0.39, 0.29) is 29.6 Å². The number of amides is 3. The average molecular weight is 639 g/mol. The lowest BCUT2D eigenvalue weighted by atomic mass is 9.96. The minimum absolute atomic E-state index is 0.0890. The van der Waals surface area contributed by atoms with Gasteiger partial charge in [-0.05, 0) is 117 Å². The SMILES string of the molecule is Cc1c(F)cc(C(=O)NC2CC2)cc1-c1ccc(C(=O)NCC2CC2)cc1.Cc1c(F)cc(C(=O)NC2CC2)cc1Br. The second-order valence-corrected chi connectivity index (χ2v) is 12.3. The van der Waals surface area contributed by atoms with Crippen molar-refractivity contribution in [2.45, 2.75) is 64.5 Å². The van der Waals surface area contributed by atoms with Crippen LogP contribution >= 0.6 is 15.9 Å². The smallest absolute Gasteiger partial charge is 0.251 e. The van der Waals surface area contributed by atoms with E-state index in [4.69, 9.17) is 0 Å². The van der Waals surface area contributed by atoms with Crippen molar-refractivity contribution >= 4 is 33.7 Å². The molecule has 0 spiro atoms. The Balaban J connectivity index is 0.000000199. The molecule has 3 aliphatic carbocycles. The highest BCUT2D eigenvalue weighted by Crippen LogP contribution is 2.29. The van der Waals surface area contributed by atoms with Gasteiger partial charge in [-0.2, -0.15) is 0 Å². The maximum absolute atomic E-state index is 14.4. The highest BCUT2D eigenvalue weighted by Gasteiger charge is 2.26. The highest BCUT2D eigenvalue weighted by atomic mass is 79.9. The number of rotatable bonds is 8. The first kappa shape index (κ1) is 29.9. The van der Waals surface area contributed by atoms with Crippen molar-refractivity contribution in [2.24, 2.45) is 5.92 Å². The lowest BCUT2D eigenvalue weighted by molar-refractivity contribution is 0.0942. The van der Waals surface area contributed by atoms with Crippen LogP contribution in [0.4, 0.5) is 8.78 Å². The third kappa shape index (κ3) is 7.82. The molecule has 0 bridgehead atoms. The molecule has 0 unspecified atom stereocenters. The monoisotopic (exact) mass is 637 g/mol. The van der Waals surface area contributed by atoms with Crippen molar-refractivity contribution in [3.63, 3.8) is 0 Å². The first-order valence-corrected chi connectivity index (χ1v) is 15.1. The molecule has 3 amide bonds. The van der Waals surface area contributed by atoms with E-state index in [1.54, 1.807) is 50.2 Å². The topological polar surface area (TPSA) is 87.3 Å². The summed E-state index contributed by atoms with van der Waals surface area (Å²) >= 11 is 3.23. The lowest BCUT2D eigenvalue weighted by Gasteiger charge is -2.12. The van der Waals surface area contributed by atoms with Crippen molar-refractivity contribution in [3.05, 3.63) is 92.5 Å². The standard InChI is InChI=1S/C22H23FN2O2.C11H11BrFNO/c1-13-19(10-17(11-20(13)23)22(27)25-18-8-9-18)15-4-6-16(7-5-15)21(26)24-12-14-2-3-14;1-6-9(12)4-7(5-10(6)13)11(15)14-8-2-3-8/h4-7,10-11,14,18H,2-3,8-9,12H2,1H3,(H,24,26)(H,25,27);4-5,8H,2-3H2,1H3,(H,14,15). The van der Waals surface area contributed by atoms with Crippen molar-refractivity contribution < 1.29 is 23.2 Å². The average Bonchev–Trinajstić information content (AvgIpc) is 3.81. The van der Waals surface area contributed by atoms with Crippen LogP contribution in [0.5, 0.6) is 0 Å². The molecule has 42 heavy (non-hydrogen) atoms. The lowest BCUT2D eigenvalue weighted by Crippen LogP contribution is -2.25. The molecule has 0 heterocycles. The molecule has 3 aromatic carbocycles. The van der Waals surface area contributed by atoms with Crippen LogP contribution < -0.4 is 16.0 Å². The molecule has 0 aromatic heterocycles. The van der Waals surface area contributed by atoms with Gasteiger partial charge in [0.05, 0.1) is 0 Å². The van der Waals surface area contributed by atoms with E-state index in [0.717, 1.165) is 37.8 Å². The van der Waals surface area contributed by atoms with Crippen molar-refractivity contribution in [3.8, 4) is 11.1 Å². The van der Waals surface area contributed by atoms with Gasteiger partial charge in [-0.25, -0.2) is 8.78 Å². The predicted octanol–water partition coefficient (Wildman–Crippen LogP) is 6.62. The molecule has 3 fully saturated rings. The molecular formula is C33H34BrF2N3O3. The zero-order chi connectivity index (χ0) is 30.0. The minimum Gasteiger partial charge on any atom is -0.352 e. The zero-order valence-electron chi connectivity index (χ0n) is 23.7. The molecule has 0 aliphatic heterocycles. The van der Waals surface area contributed by atoms with Crippen LogP contribution in [-0.2, 0) is 0 Å². The third-order valence-corrected chi connectivity index (χ3v) is 8.50. The van der Waals surface area contributed by atoms with Crippen molar-refractivity contribution in [1.82, 2.24) is 16.0 Å². The van der Waals surface area contributed by atoms with Gasteiger partial charge in [0.25, 0.3) is 17.7 Å². The van der Waals surface area contributed by atoms with E-state index in [1.165, 1.54) is 25.0 Å². The van der Waals surface area contributed by atoms with E-state index >= 15 is 0 Å². The molecule has 0 saturated heterocycles. The van der Waals surface area contributed by atoms with Gasteiger partial charge < -0.3 is 16.0 Å². The Labute approximate surface area is 252 Å². The van der Waals surface area contributed by atoms with Gasteiger partial charge in [0.2, 0.25) is 0 Å². The normalized spacial score (nSPS) is 15.7. The number of benzene rings is 3. The second-order valence-electron chi connectivity index (χ2n) is 11.4. The molecule has 9 heteroatoms. The minimum atomic E-state index is -0.403. The summed E-state index contributed by atoms with van der Waals surface area (Å²) in [4.78, 5) is 36.1. The summed E-state index contributed by atoms with van der Waals surface area (Å²) in [5.74, 6) is -0.659. The number of nitrogens with one attached hydrogen (secondary N) is 3. The Morgan fingerprint density at radius 1 is 0.714 bits per heavy atom. The quantitative estimate of drug-likeness (QED) is 0.259. The number of hydrogen-bond acceptors (Lipinski definition) is 3. The van der Waals surface area contributed by atoms with Crippen LogP contribution in [0.3, 0.4) is 0 Å². The molecule has 3 saturated carbocycles. The maximum atomic E-state index is 14.4. The largest absolute Gasteiger partial charge is 0.352 e. The number of carbonyl (C=O) groups is 3. The summed E-state index contributed by atoms with van der Waals surface area (Å²) in [6.07, 6.45) is 6.40. The number of hydrogen-bond donors (Lipinski definition) is 3. The van der Waals surface area contributed by atoms with E-state index in [9.17, 15) is 23.2 Å². The molecule has 6 nitrogen and oxygen atoms in total. The summed E-state index contributed by atoms with van der Waals surface area (Å²) in [5.41, 5.74) is 3.75. The third-order valence-electron chi connectivity index (χ3n) is 7.68. The van der Waals surface area contributed by atoms with Gasteiger partial charge in [-0.1, -0.05) is 28.1 Å². The Kier molecular flexibility index (Phi) is 9.06. The Hall–Kier alpha value is -3.59. The number of halogens is 3. The van der Waals surface area contributed by atoms with Gasteiger partial charge in [-0.15, -0.1) is 0 Å². The van der Waals surface area contributed by atoms with Crippen LogP contribution in [-0.4, -0.2) is 36.3 Å². The van der Waals surface area contributed by atoms with Crippen LogP contribution in [0, 0.1) is 31.4 Å². The second kappa shape index (κ2) is 12.7. The van der Waals surface area contributed by atoms with Gasteiger partial charge in [-0.3, -0.25) is 14.4 Å². The fourth-order valence-corrected chi connectivity index (χ4v) is 4.78. The van der Waals surface area contributed by atoms with Gasteiger partial charge >= 0.3 is 0 Å².